The Balaban J connectivity index is 1.73. The minimum Gasteiger partial charge on any atom is -0.490 e. The van der Waals surface area contributed by atoms with E-state index in [1.54, 1.807) is 0 Å². The maximum atomic E-state index is 5.84. The molecule has 0 fully saturated rings. The SMILES string of the molecule is CCOc1cc2nccc(Nc3cccc(Cn4ccnc4)c3CC)c2cc1OCC. The number of anilines is 2. The molecule has 4 aromatic rings. The summed E-state index contributed by atoms with van der Waals surface area (Å²) in [5, 5.41) is 4.64. The third-order valence-corrected chi connectivity index (χ3v) is 5.21. The fourth-order valence-corrected chi connectivity index (χ4v) is 3.84. The Kier molecular flexibility index (Phi) is 6.36. The second-order valence-electron chi connectivity index (χ2n) is 7.20. The van der Waals surface area contributed by atoms with E-state index in [-0.39, 0.29) is 0 Å². The highest BCUT2D eigenvalue weighted by Gasteiger charge is 2.13. The molecule has 4 rings (SSSR count). The molecule has 0 saturated heterocycles. The van der Waals surface area contributed by atoms with E-state index in [1.165, 1.54) is 11.1 Å². The van der Waals surface area contributed by atoms with Crippen molar-refractivity contribution in [2.45, 2.75) is 33.7 Å². The molecule has 6 heteroatoms. The van der Waals surface area contributed by atoms with Gasteiger partial charge in [-0.1, -0.05) is 19.1 Å². The van der Waals surface area contributed by atoms with Crippen LogP contribution in [-0.2, 0) is 13.0 Å². The molecule has 0 unspecified atom stereocenters. The second kappa shape index (κ2) is 9.51. The highest BCUT2D eigenvalue weighted by molar-refractivity contribution is 5.95. The van der Waals surface area contributed by atoms with Gasteiger partial charge in [0.2, 0.25) is 0 Å². The fourth-order valence-electron chi connectivity index (χ4n) is 3.84. The minimum absolute atomic E-state index is 0.574. The molecule has 0 spiro atoms. The average Bonchev–Trinajstić information content (AvgIpc) is 3.28. The van der Waals surface area contributed by atoms with E-state index in [4.69, 9.17) is 9.47 Å². The van der Waals surface area contributed by atoms with E-state index < -0.39 is 0 Å². The first-order valence-corrected chi connectivity index (χ1v) is 10.7. The molecule has 0 aliphatic rings. The van der Waals surface area contributed by atoms with E-state index in [1.807, 2.05) is 57.0 Å². The summed E-state index contributed by atoms with van der Waals surface area (Å²) in [4.78, 5) is 8.71. The number of fused-ring (bicyclic) bond motifs is 1. The number of imidazole rings is 1. The molecule has 0 bridgehead atoms. The quantitative estimate of drug-likeness (QED) is 0.386. The van der Waals surface area contributed by atoms with Gasteiger partial charge in [-0.2, -0.15) is 0 Å². The first kappa shape index (κ1) is 20.7. The summed E-state index contributed by atoms with van der Waals surface area (Å²) in [6.07, 6.45) is 8.39. The molecule has 0 saturated carbocycles. The van der Waals surface area contributed by atoms with E-state index in [2.05, 4.69) is 45.0 Å². The van der Waals surface area contributed by atoms with Crippen LogP contribution in [0.2, 0.25) is 0 Å². The highest BCUT2D eigenvalue weighted by atomic mass is 16.5. The van der Waals surface area contributed by atoms with E-state index >= 15 is 0 Å². The van der Waals surface area contributed by atoms with E-state index in [0.29, 0.717) is 13.2 Å². The highest BCUT2D eigenvalue weighted by Crippen LogP contribution is 2.36. The van der Waals surface area contributed by atoms with Gasteiger partial charge in [0.15, 0.2) is 11.5 Å². The Bertz CT molecular complexity index is 1160. The topological polar surface area (TPSA) is 61.2 Å². The Labute approximate surface area is 182 Å². The number of benzene rings is 2. The average molecular weight is 417 g/mol. The van der Waals surface area contributed by atoms with Crippen molar-refractivity contribution in [1.29, 1.82) is 0 Å². The summed E-state index contributed by atoms with van der Waals surface area (Å²) < 4.78 is 13.7. The van der Waals surface area contributed by atoms with Crippen molar-refractivity contribution in [2.75, 3.05) is 18.5 Å². The van der Waals surface area contributed by atoms with Gasteiger partial charge in [0.05, 0.1) is 25.1 Å². The second-order valence-corrected chi connectivity index (χ2v) is 7.20. The number of hydrogen-bond donors (Lipinski definition) is 1. The molecule has 6 nitrogen and oxygen atoms in total. The summed E-state index contributed by atoms with van der Waals surface area (Å²) in [7, 11) is 0. The lowest BCUT2D eigenvalue weighted by Gasteiger charge is -2.18. The molecular weight excluding hydrogens is 388 g/mol. The molecule has 31 heavy (non-hydrogen) atoms. The molecule has 0 atom stereocenters. The van der Waals surface area contributed by atoms with Gasteiger partial charge < -0.3 is 19.4 Å². The smallest absolute Gasteiger partial charge is 0.163 e. The number of nitrogens with zero attached hydrogens (tertiary/aromatic N) is 3. The van der Waals surface area contributed by atoms with Crippen molar-refractivity contribution >= 4 is 22.3 Å². The van der Waals surface area contributed by atoms with Gasteiger partial charge >= 0.3 is 0 Å². The number of rotatable bonds is 9. The lowest BCUT2D eigenvalue weighted by Crippen LogP contribution is -2.04. The zero-order valence-electron chi connectivity index (χ0n) is 18.3. The minimum atomic E-state index is 0.574. The van der Waals surface area contributed by atoms with Crippen LogP contribution < -0.4 is 14.8 Å². The number of hydrogen-bond acceptors (Lipinski definition) is 5. The molecule has 2 aromatic heterocycles. The molecule has 0 aliphatic carbocycles. The Hall–Kier alpha value is -3.54. The first-order valence-electron chi connectivity index (χ1n) is 10.7. The predicted octanol–water partition coefficient (Wildman–Crippen LogP) is 5.58. The molecule has 0 amide bonds. The number of aromatic nitrogens is 3. The summed E-state index contributed by atoms with van der Waals surface area (Å²) in [5.41, 5.74) is 5.52. The van der Waals surface area contributed by atoms with Gasteiger partial charge in [0.1, 0.15) is 0 Å². The first-order chi connectivity index (χ1) is 15.2. The predicted molar refractivity (Wildman–Crippen MR) is 125 cm³/mol. The van der Waals surface area contributed by atoms with E-state index in [9.17, 15) is 0 Å². The van der Waals surface area contributed by atoms with Crippen molar-refractivity contribution in [2.24, 2.45) is 0 Å². The Morgan fingerprint density at radius 2 is 1.74 bits per heavy atom. The summed E-state index contributed by atoms with van der Waals surface area (Å²) >= 11 is 0. The van der Waals surface area contributed by atoms with Gasteiger partial charge in [-0.3, -0.25) is 4.98 Å². The summed E-state index contributed by atoms with van der Waals surface area (Å²) in [6, 6.07) is 12.4. The molecule has 160 valence electrons. The molecule has 0 aliphatic heterocycles. The van der Waals surface area contributed by atoms with Crippen molar-refractivity contribution in [3.8, 4) is 11.5 Å². The monoisotopic (exact) mass is 416 g/mol. The van der Waals surface area contributed by atoms with Crippen LogP contribution in [0.5, 0.6) is 11.5 Å². The zero-order chi connectivity index (χ0) is 21.6. The van der Waals surface area contributed by atoms with Crippen molar-refractivity contribution in [3.63, 3.8) is 0 Å². The van der Waals surface area contributed by atoms with Crippen LogP contribution in [0.4, 0.5) is 11.4 Å². The van der Waals surface area contributed by atoms with E-state index in [0.717, 1.165) is 46.7 Å². The van der Waals surface area contributed by atoms with Crippen LogP contribution in [0.1, 0.15) is 31.9 Å². The van der Waals surface area contributed by atoms with Gasteiger partial charge in [-0.05, 0) is 49.6 Å². The third kappa shape index (κ3) is 4.48. The maximum absolute atomic E-state index is 5.84. The maximum Gasteiger partial charge on any atom is 0.163 e. The van der Waals surface area contributed by atoms with Gasteiger partial charge in [-0.25, -0.2) is 4.98 Å². The number of ether oxygens (including phenoxy) is 2. The van der Waals surface area contributed by atoms with Gasteiger partial charge in [0.25, 0.3) is 0 Å². The van der Waals surface area contributed by atoms with Crippen LogP contribution in [0, 0.1) is 0 Å². The van der Waals surface area contributed by atoms with Crippen LogP contribution in [0.15, 0.2) is 61.3 Å². The fraction of sp³-hybridized carbons (Fsp3) is 0.280. The lowest BCUT2D eigenvalue weighted by atomic mass is 10.0. The largest absolute Gasteiger partial charge is 0.490 e. The normalized spacial score (nSPS) is 10.9. The molecule has 0 radical (unpaired) electrons. The zero-order valence-corrected chi connectivity index (χ0v) is 18.3. The Morgan fingerprint density at radius 3 is 2.45 bits per heavy atom. The van der Waals surface area contributed by atoms with Gasteiger partial charge in [0, 0.05) is 48.0 Å². The molecule has 1 N–H and O–H groups in total. The van der Waals surface area contributed by atoms with Crippen LogP contribution in [-0.4, -0.2) is 27.7 Å². The van der Waals surface area contributed by atoms with Crippen LogP contribution >= 0.6 is 0 Å². The van der Waals surface area contributed by atoms with Crippen LogP contribution in [0.3, 0.4) is 0 Å². The standard InChI is InChI=1S/C25H28N4O2/c1-4-19-18(16-29-13-12-26-17-29)8-7-9-21(19)28-22-10-11-27-23-15-25(31-6-3)24(30-5-2)14-20(22)23/h7-15,17H,4-6,16H2,1-3H3,(H,27,28). The lowest BCUT2D eigenvalue weighted by molar-refractivity contribution is 0.288. The molecule has 2 heterocycles. The number of pyridine rings is 1. The molecule has 2 aromatic carbocycles. The summed E-state index contributed by atoms with van der Waals surface area (Å²) in [6.45, 7) is 8.07. The number of nitrogens with one attached hydrogen (secondary N) is 1. The molecular formula is C25H28N4O2. The van der Waals surface area contributed by atoms with Gasteiger partial charge in [-0.15, -0.1) is 0 Å². The van der Waals surface area contributed by atoms with Crippen LogP contribution in [0.25, 0.3) is 10.9 Å². The Morgan fingerprint density at radius 1 is 0.935 bits per heavy atom. The van der Waals surface area contributed by atoms with Crippen molar-refractivity contribution in [3.05, 3.63) is 72.4 Å². The summed E-state index contributed by atoms with van der Waals surface area (Å²) in [5.74, 6) is 1.45. The van der Waals surface area contributed by atoms with Crippen molar-refractivity contribution < 1.29 is 9.47 Å². The van der Waals surface area contributed by atoms with Crippen molar-refractivity contribution in [1.82, 2.24) is 14.5 Å². The third-order valence-electron chi connectivity index (χ3n) is 5.21.